The molecule has 16 heavy (non-hydrogen) atoms. The molecule has 0 fully saturated rings. The van der Waals surface area contributed by atoms with E-state index >= 15 is 0 Å². The van der Waals surface area contributed by atoms with E-state index in [4.69, 9.17) is 9.29 Å². The maximum absolute atomic E-state index is 11.3. The molecular formula is C10H11NaO4S. The molecule has 6 heteroatoms. The van der Waals surface area contributed by atoms with Crippen molar-refractivity contribution in [2.75, 3.05) is 5.75 Å². The zero-order valence-corrected chi connectivity index (χ0v) is 11.9. The number of carboxylic acids is 1. The minimum atomic E-state index is -1.06. The largest absolute Gasteiger partial charge is 1.00 e. The monoisotopic (exact) mass is 250 g/mol. The van der Waals surface area contributed by atoms with Gasteiger partial charge in [0.15, 0.2) is 0 Å². The van der Waals surface area contributed by atoms with Crippen molar-refractivity contribution >= 4 is 24.0 Å². The van der Waals surface area contributed by atoms with Crippen LogP contribution in [0.25, 0.3) is 0 Å². The first kappa shape index (κ1) is 15.5. The molecule has 0 aliphatic carbocycles. The smallest absolute Gasteiger partial charge is 1.00 e. The second kappa shape index (κ2) is 7.73. The van der Waals surface area contributed by atoms with Gasteiger partial charge in [-0.05, 0) is 18.2 Å². The van der Waals surface area contributed by atoms with Crippen molar-refractivity contribution in [3.05, 3.63) is 35.4 Å². The summed E-state index contributed by atoms with van der Waals surface area (Å²) in [4.78, 5) is 22.0. The van der Waals surface area contributed by atoms with E-state index in [-0.39, 0.29) is 42.1 Å². The molecule has 82 valence electrons. The summed E-state index contributed by atoms with van der Waals surface area (Å²) in [5.41, 5.74) is 0.321. The van der Waals surface area contributed by atoms with Crippen LogP contribution in [0.4, 0.5) is 0 Å². The van der Waals surface area contributed by atoms with Gasteiger partial charge >= 0.3 is 41.5 Å². The molecule has 0 unspecified atom stereocenters. The Hall–Kier alpha value is -0.490. The topological polar surface area (TPSA) is 63.6 Å². The van der Waals surface area contributed by atoms with Crippen molar-refractivity contribution in [1.29, 1.82) is 0 Å². The van der Waals surface area contributed by atoms with Crippen LogP contribution in [-0.2, 0) is 4.18 Å². The summed E-state index contributed by atoms with van der Waals surface area (Å²) in [5.74, 6) is -0.928. The molecule has 0 saturated heterocycles. The summed E-state index contributed by atoms with van der Waals surface area (Å²) < 4.78 is 4.80. The Morgan fingerprint density at radius 2 is 2.06 bits per heavy atom. The van der Waals surface area contributed by atoms with E-state index in [0.29, 0.717) is 5.75 Å². The molecule has 1 aromatic rings. The normalized spacial score (nSPS) is 9.06. The number of carbonyl (C=O) groups excluding carboxylic acids is 1. The first-order valence-corrected chi connectivity index (χ1v) is 5.23. The van der Waals surface area contributed by atoms with Gasteiger partial charge in [0, 0.05) is 5.75 Å². The summed E-state index contributed by atoms with van der Waals surface area (Å²) in [6, 6.07) is 5.74. The number of hydrogen-bond donors (Lipinski definition) is 1. The zero-order chi connectivity index (χ0) is 11.3. The van der Waals surface area contributed by atoms with Gasteiger partial charge in [-0.2, -0.15) is 0 Å². The molecular weight excluding hydrogens is 239 g/mol. The summed E-state index contributed by atoms with van der Waals surface area (Å²) in [6.45, 7) is 1.85. The molecule has 0 saturated carbocycles. The van der Waals surface area contributed by atoms with E-state index in [1.54, 1.807) is 0 Å². The number of hydrogen-bond acceptors (Lipinski definition) is 4. The van der Waals surface area contributed by atoms with Crippen molar-refractivity contribution in [2.24, 2.45) is 0 Å². The molecule has 1 rings (SSSR count). The molecule has 4 nitrogen and oxygen atoms in total. The molecule has 0 radical (unpaired) electrons. The zero-order valence-electron chi connectivity index (χ0n) is 10.1. The first-order valence-electron chi connectivity index (χ1n) is 4.32. The average Bonchev–Trinajstić information content (AvgIpc) is 2.26. The SMILES string of the molecule is CCSOC(=O)c1cccc(C(=O)O)c1.[H-].[Na+]. The number of carboxylic acid groups (broad SMARTS) is 1. The molecule has 0 aliphatic heterocycles. The Morgan fingerprint density at radius 3 is 2.62 bits per heavy atom. The maximum atomic E-state index is 11.3. The molecule has 0 heterocycles. The van der Waals surface area contributed by atoms with Crippen LogP contribution in [0.2, 0.25) is 0 Å². The van der Waals surface area contributed by atoms with Crippen molar-refractivity contribution in [1.82, 2.24) is 0 Å². The van der Waals surface area contributed by atoms with Gasteiger partial charge in [-0.15, -0.1) is 0 Å². The second-order valence-corrected chi connectivity index (χ2v) is 3.64. The molecule has 0 aromatic heterocycles. The van der Waals surface area contributed by atoms with Crippen molar-refractivity contribution in [2.45, 2.75) is 6.92 Å². The Kier molecular flexibility index (Phi) is 7.49. The molecule has 0 spiro atoms. The van der Waals surface area contributed by atoms with E-state index in [2.05, 4.69) is 0 Å². The number of benzene rings is 1. The maximum Gasteiger partial charge on any atom is 1.00 e. The third-order valence-corrected chi connectivity index (χ3v) is 2.10. The summed E-state index contributed by atoms with van der Waals surface area (Å²) in [6.07, 6.45) is 0. The summed E-state index contributed by atoms with van der Waals surface area (Å²) in [7, 11) is 0. The molecule has 1 aromatic carbocycles. The number of carbonyl (C=O) groups is 2. The van der Waals surface area contributed by atoms with Gasteiger partial charge in [0.25, 0.3) is 0 Å². The summed E-state index contributed by atoms with van der Waals surface area (Å²) in [5, 5.41) is 8.71. The fraction of sp³-hybridized carbons (Fsp3) is 0.200. The standard InChI is InChI=1S/C10H10O4S.Na.H/c1-2-15-14-10(13)8-5-3-4-7(6-8)9(11)12;;/h3-6H,2H2,1H3,(H,11,12);;/q;+1;-1. The quantitative estimate of drug-likeness (QED) is 0.567. The molecule has 0 aliphatic rings. The molecule has 1 N–H and O–H groups in total. The minimum absolute atomic E-state index is 0. The fourth-order valence-electron chi connectivity index (χ4n) is 0.940. The van der Waals surface area contributed by atoms with Crippen LogP contribution < -0.4 is 29.6 Å². The van der Waals surface area contributed by atoms with Gasteiger partial charge in [-0.1, -0.05) is 13.0 Å². The van der Waals surface area contributed by atoms with E-state index < -0.39 is 11.9 Å². The third-order valence-electron chi connectivity index (χ3n) is 1.60. The van der Waals surface area contributed by atoms with E-state index in [0.717, 1.165) is 12.0 Å². The minimum Gasteiger partial charge on any atom is -1.00 e. The van der Waals surface area contributed by atoms with Gasteiger partial charge in [0.2, 0.25) is 0 Å². The van der Waals surface area contributed by atoms with Crippen LogP contribution in [0.3, 0.4) is 0 Å². The Bertz CT molecular complexity index is 386. The molecule has 0 bridgehead atoms. The van der Waals surface area contributed by atoms with Gasteiger partial charge < -0.3 is 10.7 Å². The Labute approximate surface area is 121 Å². The van der Waals surface area contributed by atoms with Gasteiger partial charge in [0.05, 0.1) is 23.2 Å². The predicted octanol–water partition coefficient (Wildman–Crippen LogP) is -0.674. The van der Waals surface area contributed by atoms with Crippen LogP contribution in [0.15, 0.2) is 24.3 Å². The fourth-order valence-corrected chi connectivity index (χ4v) is 1.26. The van der Waals surface area contributed by atoms with Crippen molar-refractivity contribution < 1.29 is 49.9 Å². The predicted molar refractivity (Wildman–Crippen MR) is 58.1 cm³/mol. The van der Waals surface area contributed by atoms with Crippen LogP contribution >= 0.6 is 12.0 Å². The summed E-state index contributed by atoms with van der Waals surface area (Å²) >= 11 is 1.03. The van der Waals surface area contributed by atoms with E-state index in [1.165, 1.54) is 24.3 Å². The van der Waals surface area contributed by atoms with Crippen LogP contribution in [-0.4, -0.2) is 22.8 Å². The van der Waals surface area contributed by atoms with Gasteiger partial charge in [0.1, 0.15) is 0 Å². The Morgan fingerprint density at radius 1 is 1.44 bits per heavy atom. The molecule has 0 amide bonds. The van der Waals surface area contributed by atoms with E-state index in [9.17, 15) is 9.59 Å². The van der Waals surface area contributed by atoms with Crippen LogP contribution in [0.5, 0.6) is 0 Å². The van der Waals surface area contributed by atoms with Crippen molar-refractivity contribution in [3.63, 3.8) is 0 Å². The third kappa shape index (κ3) is 4.57. The Balaban J connectivity index is 0. The molecule has 0 atom stereocenters. The number of rotatable bonds is 4. The first-order chi connectivity index (χ1) is 7.15. The average molecular weight is 250 g/mol. The van der Waals surface area contributed by atoms with Crippen molar-refractivity contribution in [3.8, 4) is 0 Å². The van der Waals surface area contributed by atoms with Crippen LogP contribution in [0.1, 0.15) is 29.1 Å². The number of aromatic carboxylic acids is 1. The van der Waals surface area contributed by atoms with Gasteiger partial charge in [-0.3, -0.25) is 0 Å². The van der Waals surface area contributed by atoms with Gasteiger partial charge in [-0.25, -0.2) is 9.59 Å². The van der Waals surface area contributed by atoms with Crippen LogP contribution in [0, 0.1) is 0 Å². The van der Waals surface area contributed by atoms with E-state index in [1.807, 2.05) is 6.92 Å². The second-order valence-electron chi connectivity index (χ2n) is 2.66.